The molecule has 0 aliphatic carbocycles. The summed E-state index contributed by atoms with van der Waals surface area (Å²) in [5.41, 5.74) is 0. The van der Waals surface area contributed by atoms with Gasteiger partial charge in [0.15, 0.2) is 0 Å². The summed E-state index contributed by atoms with van der Waals surface area (Å²) >= 11 is 0. The molecule has 0 aliphatic rings. The number of rotatable bonds is 4. The van der Waals surface area contributed by atoms with Crippen molar-refractivity contribution < 1.29 is 87.2 Å². The van der Waals surface area contributed by atoms with Crippen LogP contribution in [0.3, 0.4) is 0 Å². The van der Waals surface area contributed by atoms with Crippen LogP contribution in [0.2, 0.25) is 0 Å². The van der Waals surface area contributed by atoms with Crippen molar-refractivity contribution in [2.45, 2.75) is 27.7 Å². The minimum Gasteiger partial charge on any atom is 0 e. The van der Waals surface area contributed by atoms with E-state index in [1.165, 1.54) is 30.7 Å². The normalized spacial score (nSPS) is 4.34. The van der Waals surface area contributed by atoms with E-state index in [0.717, 1.165) is 0 Å². The standard InChI is InChI=1S/C8H20N.9CO.2Re/c1-5-9(6-2,7-3)8-4;9*1-2;;/h5-8H2,1-4H3;;;;;;;;;;;/q+1;;;;;;;;;;;. The van der Waals surface area contributed by atoms with Crippen molar-refractivity contribution in [2.24, 2.45) is 0 Å². The molecule has 0 N–H and O–H groups in total. The van der Waals surface area contributed by atoms with Gasteiger partial charge in [0.2, 0.25) is 0 Å². The van der Waals surface area contributed by atoms with Gasteiger partial charge in [-0.1, -0.05) is 0 Å². The summed E-state index contributed by atoms with van der Waals surface area (Å²) in [6.45, 7) is 54.7. The first-order valence-electron chi connectivity index (χ1n) is 5.93. The third kappa shape index (κ3) is 140. The zero-order valence-corrected chi connectivity index (χ0v) is 21.6. The number of nitrogens with zero attached hydrogens (tertiary/aromatic N) is 1. The molecule has 29 heavy (non-hydrogen) atoms. The fourth-order valence-electron chi connectivity index (χ4n) is 1.34. The van der Waals surface area contributed by atoms with E-state index < -0.39 is 0 Å². The molecule has 0 aromatic heterocycles. The van der Waals surface area contributed by atoms with Crippen molar-refractivity contribution in [3.05, 3.63) is 59.9 Å². The molecular weight excluding hydrogens is 735 g/mol. The summed E-state index contributed by atoms with van der Waals surface area (Å²) in [5.74, 6) is 0. The Morgan fingerprint density at radius 2 is 0.414 bits per heavy atom. The van der Waals surface area contributed by atoms with E-state index in [-0.39, 0.29) is 40.8 Å². The predicted molar refractivity (Wildman–Crippen MR) is 77.8 cm³/mol. The van der Waals surface area contributed by atoms with Crippen LogP contribution in [-0.4, -0.2) is 30.7 Å². The van der Waals surface area contributed by atoms with Gasteiger partial charge in [0.25, 0.3) is 0 Å². The van der Waals surface area contributed by atoms with Gasteiger partial charge in [-0.3, -0.25) is 0 Å². The molecule has 0 aliphatic heterocycles. The first kappa shape index (κ1) is 79.8. The Labute approximate surface area is 200 Å². The Balaban J connectivity index is -0.0000000125. The van der Waals surface area contributed by atoms with Crippen LogP contribution >= 0.6 is 0 Å². The number of hydrogen-bond donors (Lipinski definition) is 0. The van der Waals surface area contributed by atoms with Crippen molar-refractivity contribution in [2.75, 3.05) is 26.2 Å². The molecule has 0 fully saturated rings. The molecule has 0 aromatic carbocycles. The predicted octanol–water partition coefficient (Wildman–Crippen LogP) is 1.54. The smallest absolute Gasteiger partial charge is 0 e. The van der Waals surface area contributed by atoms with Gasteiger partial charge in [-0.15, -0.1) is 0 Å². The molecule has 0 amide bonds. The van der Waals surface area contributed by atoms with Gasteiger partial charge < -0.3 is 4.48 Å². The van der Waals surface area contributed by atoms with Crippen molar-refractivity contribution in [1.29, 1.82) is 0 Å². The average molecular weight is 755 g/mol. The minimum absolute atomic E-state index is 0. The molecule has 0 saturated carbocycles. The summed E-state index contributed by atoms with van der Waals surface area (Å²) in [6, 6.07) is 0. The Hall–Kier alpha value is -1.06. The van der Waals surface area contributed by atoms with Gasteiger partial charge in [0.1, 0.15) is 0 Å². The van der Waals surface area contributed by atoms with Crippen LogP contribution in [0.5, 0.6) is 0 Å². The zero-order valence-electron chi connectivity index (χ0n) is 16.2. The van der Waals surface area contributed by atoms with Gasteiger partial charge in [-0.2, -0.15) is 0 Å². The van der Waals surface area contributed by atoms with Gasteiger partial charge in [0, 0.05) is 40.8 Å². The Morgan fingerprint density at radius 1 is 0.345 bits per heavy atom. The topological polar surface area (TPSA) is 179 Å². The quantitative estimate of drug-likeness (QED) is 0.230. The van der Waals surface area contributed by atoms with Crippen LogP contribution in [0.1, 0.15) is 27.7 Å². The van der Waals surface area contributed by atoms with Crippen LogP contribution in [0.4, 0.5) is 0 Å². The van der Waals surface area contributed by atoms with E-state index in [2.05, 4.69) is 87.5 Å². The van der Waals surface area contributed by atoms with Crippen LogP contribution in [-0.2, 0) is 82.7 Å². The van der Waals surface area contributed by atoms with Crippen molar-refractivity contribution in [1.82, 2.24) is 0 Å². The molecule has 0 bridgehead atoms. The van der Waals surface area contributed by atoms with Crippen LogP contribution in [0, 0.1) is 59.9 Å². The van der Waals surface area contributed by atoms with E-state index in [0.29, 0.717) is 0 Å². The van der Waals surface area contributed by atoms with Gasteiger partial charge >= 0.3 is 102 Å². The minimum atomic E-state index is 0. The third-order valence-corrected chi connectivity index (χ3v) is 2.68. The maximum Gasteiger partial charge on any atom is 0 e. The van der Waals surface area contributed by atoms with E-state index in [1.54, 1.807) is 0 Å². The Kier molecular flexibility index (Phi) is 624. The largest absolute Gasteiger partial charge is 0 e. The Bertz CT molecular complexity index is 274. The van der Waals surface area contributed by atoms with E-state index in [9.17, 15) is 0 Å². The summed E-state index contributed by atoms with van der Waals surface area (Å²) in [7, 11) is 0. The molecule has 0 unspecified atom stereocenters. The molecule has 0 heterocycles. The third-order valence-electron chi connectivity index (χ3n) is 2.68. The average Bonchev–Trinajstić information content (AvgIpc) is 2.87. The summed E-state index contributed by atoms with van der Waals surface area (Å²) in [5, 5.41) is 0. The van der Waals surface area contributed by atoms with Crippen molar-refractivity contribution in [3.63, 3.8) is 0 Å². The van der Waals surface area contributed by atoms with Crippen molar-refractivity contribution in [3.8, 4) is 0 Å². The van der Waals surface area contributed by atoms with Crippen molar-refractivity contribution >= 4 is 0 Å². The molecule has 12 heteroatoms. The van der Waals surface area contributed by atoms with E-state index in [1.807, 2.05) is 0 Å². The number of hydrogen-bond acceptors (Lipinski definition) is 0. The van der Waals surface area contributed by atoms with Gasteiger partial charge in [-0.05, 0) is 27.7 Å². The molecule has 0 atom stereocenters. The summed E-state index contributed by atoms with van der Waals surface area (Å²) in [4.78, 5) is 0. The van der Waals surface area contributed by atoms with Gasteiger partial charge in [0.05, 0.1) is 26.2 Å². The molecule has 160 valence electrons. The molecule has 10 nitrogen and oxygen atoms in total. The summed E-state index contributed by atoms with van der Waals surface area (Å²) < 4.78 is 68.8. The monoisotopic (exact) mass is 756 g/mol. The first-order chi connectivity index (χ1) is 13.2. The second-order valence-electron chi connectivity index (χ2n) is 2.61. The maximum atomic E-state index is 7.50. The summed E-state index contributed by atoms with van der Waals surface area (Å²) in [6.07, 6.45) is 0. The van der Waals surface area contributed by atoms with E-state index >= 15 is 0 Å². The van der Waals surface area contributed by atoms with Crippen LogP contribution in [0.15, 0.2) is 0 Å². The molecule has 0 rings (SSSR count). The second-order valence-corrected chi connectivity index (χ2v) is 2.61. The molecular formula is C17H20NO9Re2+. The molecule has 2 radical (unpaired) electrons. The van der Waals surface area contributed by atoms with Crippen LogP contribution in [0.25, 0.3) is 0 Å². The zero-order chi connectivity index (χ0) is 25.3. The Morgan fingerprint density at radius 3 is 0.414 bits per heavy atom. The fraction of sp³-hybridized carbons (Fsp3) is 0.471. The number of quaternary nitrogens is 1. The maximum absolute atomic E-state index is 7.50. The molecule has 0 spiro atoms. The fourth-order valence-corrected chi connectivity index (χ4v) is 1.34. The molecule has 0 saturated heterocycles. The molecule has 0 aromatic rings. The SMILES string of the molecule is CC[N+](CC)(CC)CC.[C-]#[O+].[C-]#[O+].[C-]#[O+].[C-]#[O+].[C-]#[O+].[C-]#[O+].[C-]#[O+].[C-]#[O+].[C-]#[O+].[Re].[Re]. The van der Waals surface area contributed by atoms with Gasteiger partial charge in [-0.25, -0.2) is 0 Å². The van der Waals surface area contributed by atoms with E-state index in [4.69, 9.17) is 41.9 Å². The second kappa shape index (κ2) is 227. The van der Waals surface area contributed by atoms with Crippen LogP contribution < -0.4 is 0 Å². The first-order valence-corrected chi connectivity index (χ1v) is 5.93.